The van der Waals surface area contributed by atoms with E-state index in [1.165, 1.54) is 12.0 Å². The van der Waals surface area contributed by atoms with Crippen LogP contribution < -0.4 is 4.74 Å². The average Bonchev–Trinajstić information content (AvgIpc) is 2.84. The summed E-state index contributed by atoms with van der Waals surface area (Å²) in [4.78, 5) is 7.14. The molecule has 4 aliphatic heterocycles. The molecule has 4 saturated heterocycles. The van der Waals surface area contributed by atoms with Gasteiger partial charge in [-0.1, -0.05) is 42.2 Å². The van der Waals surface area contributed by atoms with Crippen molar-refractivity contribution in [3.63, 3.8) is 0 Å². The Labute approximate surface area is 190 Å². The number of hydrogen-bond acceptors (Lipinski definition) is 5. The highest BCUT2D eigenvalue weighted by Gasteiger charge is 2.44. The number of fused-ring (bicyclic) bond motifs is 3. The molecule has 5 heteroatoms. The quantitative estimate of drug-likeness (QED) is 0.734. The molecule has 5 heterocycles. The first-order valence-electron chi connectivity index (χ1n) is 11.9. The lowest BCUT2D eigenvalue weighted by molar-refractivity contribution is -0.0713. The lowest BCUT2D eigenvalue weighted by atomic mass is 9.75. The number of piperidine rings is 3. The van der Waals surface area contributed by atoms with E-state index < -0.39 is 5.60 Å². The molecule has 2 bridgehead atoms. The molecule has 0 radical (unpaired) electrons. The van der Waals surface area contributed by atoms with Gasteiger partial charge in [0.25, 0.3) is 0 Å². The number of hydrogen-bond donors (Lipinski definition) is 1. The summed E-state index contributed by atoms with van der Waals surface area (Å²) in [6.45, 7) is 4.14. The lowest BCUT2D eigenvalue weighted by Gasteiger charge is -2.47. The molecule has 0 spiro atoms. The van der Waals surface area contributed by atoms with Crippen molar-refractivity contribution in [1.29, 1.82) is 0 Å². The van der Waals surface area contributed by atoms with Crippen LogP contribution in [0.4, 0.5) is 0 Å². The van der Waals surface area contributed by atoms with Crippen molar-refractivity contribution in [3.05, 3.63) is 59.3 Å². The van der Waals surface area contributed by atoms with E-state index in [-0.39, 0.29) is 12.0 Å². The largest absolute Gasteiger partial charge is 0.475 e. The standard InChI is InChI=1S/C27H32N2O3/c30-27(20-29-15-12-23(27)13-16-29)14-11-22-9-10-26(32-19-24-8-4-5-17-31-24)28-25(22)18-21-6-2-1-3-7-21/h1-3,6-7,9-10,23-24,30H,4-5,8,12-13,15-20H2. The van der Waals surface area contributed by atoms with Crippen LogP contribution in [0.3, 0.4) is 0 Å². The van der Waals surface area contributed by atoms with Gasteiger partial charge >= 0.3 is 0 Å². The first kappa shape index (κ1) is 21.5. The summed E-state index contributed by atoms with van der Waals surface area (Å²) in [6, 6.07) is 14.2. The molecule has 6 rings (SSSR count). The summed E-state index contributed by atoms with van der Waals surface area (Å²) in [7, 11) is 0. The summed E-state index contributed by atoms with van der Waals surface area (Å²) in [5.74, 6) is 7.41. The van der Waals surface area contributed by atoms with Gasteiger partial charge in [-0.15, -0.1) is 0 Å². The molecule has 1 N–H and O–H groups in total. The van der Waals surface area contributed by atoms with Crippen LogP contribution in [-0.2, 0) is 11.2 Å². The van der Waals surface area contributed by atoms with E-state index in [1.54, 1.807) is 0 Å². The first-order chi connectivity index (χ1) is 15.7. The fourth-order valence-corrected chi connectivity index (χ4v) is 5.07. The van der Waals surface area contributed by atoms with Gasteiger partial charge in [-0.3, -0.25) is 4.90 Å². The number of benzene rings is 1. The summed E-state index contributed by atoms with van der Waals surface area (Å²) in [6.07, 6.45) is 6.23. The number of aliphatic hydroxyl groups is 1. The van der Waals surface area contributed by atoms with Gasteiger partial charge in [-0.05, 0) is 56.8 Å². The number of pyridine rings is 1. The predicted octanol–water partition coefficient (Wildman–Crippen LogP) is 3.43. The zero-order valence-electron chi connectivity index (χ0n) is 18.6. The summed E-state index contributed by atoms with van der Waals surface area (Å²) >= 11 is 0. The zero-order chi connectivity index (χ0) is 21.8. The second-order valence-electron chi connectivity index (χ2n) is 9.33. The molecule has 2 unspecified atom stereocenters. The van der Waals surface area contributed by atoms with Gasteiger partial charge in [0, 0.05) is 37.1 Å². The van der Waals surface area contributed by atoms with E-state index in [1.807, 2.05) is 30.3 Å². The highest BCUT2D eigenvalue weighted by atomic mass is 16.5. The van der Waals surface area contributed by atoms with E-state index in [0.29, 0.717) is 25.5 Å². The minimum Gasteiger partial charge on any atom is -0.475 e. The van der Waals surface area contributed by atoms with E-state index >= 15 is 0 Å². The molecule has 4 fully saturated rings. The van der Waals surface area contributed by atoms with E-state index in [2.05, 4.69) is 28.9 Å². The van der Waals surface area contributed by atoms with Crippen LogP contribution in [0.5, 0.6) is 5.88 Å². The van der Waals surface area contributed by atoms with Crippen molar-refractivity contribution >= 4 is 0 Å². The fourth-order valence-electron chi connectivity index (χ4n) is 5.07. The second-order valence-corrected chi connectivity index (χ2v) is 9.33. The van der Waals surface area contributed by atoms with Gasteiger partial charge in [0.05, 0.1) is 11.8 Å². The Kier molecular flexibility index (Phi) is 6.45. The van der Waals surface area contributed by atoms with Gasteiger partial charge in [-0.2, -0.15) is 0 Å². The molecular formula is C27H32N2O3. The normalized spacial score (nSPS) is 29.2. The molecule has 1 aromatic carbocycles. The van der Waals surface area contributed by atoms with Crippen molar-refractivity contribution in [2.75, 3.05) is 32.8 Å². The Morgan fingerprint density at radius 2 is 1.94 bits per heavy atom. The molecule has 0 amide bonds. The third-order valence-corrected chi connectivity index (χ3v) is 7.00. The molecule has 4 aliphatic rings. The van der Waals surface area contributed by atoms with Gasteiger partial charge in [0.2, 0.25) is 5.88 Å². The minimum absolute atomic E-state index is 0.147. The molecule has 168 valence electrons. The number of aromatic nitrogens is 1. The van der Waals surface area contributed by atoms with Crippen LogP contribution in [0.25, 0.3) is 0 Å². The fraction of sp³-hybridized carbons (Fsp3) is 0.519. The molecule has 5 nitrogen and oxygen atoms in total. The van der Waals surface area contributed by atoms with Crippen molar-refractivity contribution in [2.45, 2.75) is 50.2 Å². The van der Waals surface area contributed by atoms with Gasteiger partial charge in [0.15, 0.2) is 0 Å². The van der Waals surface area contributed by atoms with E-state index in [9.17, 15) is 5.11 Å². The molecule has 0 aliphatic carbocycles. The Bertz CT molecular complexity index is 969. The first-order valence-corrected chi connectivity index (χ1v) is 11.9. The van der Waals surface area contributed by atoms with Crippen molar-refractivity contribution in [2.24, 2.45) is 5.92 Å². The van der Waals surface area contributed by atoms with Crippen LogP contribution in [-0.4, -0.2) is 59.5 Å². The van der Waals surface area contributed by atoms with Gasteiger partial charge in [-0.25, -0.2) is 4.98 Å². The van der Waals surface area contributed by atoms with E-state index in [0.717, 1.165) is 56.6 Å². The topological polar surface area (TPSA) is 54.8 Å². The smallest absolute Gasteiger partial charge is 0.213 e. The molecular weight excluding hydrogens is 400 g/mol. The molecule has 0 saturated carbocycles. The van der Waals surface area contributed by atoms with Crippen molar-refractivity contribution in [3.8, 4) is 17.7 Å². The Morgan fingerprint density at radius 1 is 1.09 bits per heavy atom. The predicted molar refractivity (Wildman–Crippen MR) is 124 cm³/mol. The third kappa shape index (κ3) is 4.99. The molecule has 2 aromatic rings. The minimum atomic E-state index is -0.923. The summed E-state index contributed by atoms with van der Waals surface area (Å²) in [5, 5.41) is 11.2. The maximum Gasteiger partial charge on any atom is 0.213 e. The monoisotopic (exact) mass is 432 g/mol. The average molecular weight is 433 g/mol. The maximum absolute atomic E-state index is 11.2. The zero-order valence-corrected chi connectivity index (χ0v) is 18.6. The second kappa shape index (κ2) is 9.62. The molecule has 2 atom stereocenters. The SMILES string of the molecule is OC1(C#Cc2ccc(OCC3CCCCO3)nc2Cc2ccccc2)CN2CCC1CC2. The highest BCUT2D eigenvalue weighted by Crippen LogP contribution is 2.35. The van der Waals surface area contributed by atoms with Crippen LogP contribution in [0.15, 0.2) is 42.5 Å². The Morgan fingerprint density at radius 3 is 2.66 bits per heavy atom. The molecule has 1 aromatic heterocycles. The van der Waals surface area contributed by atoms with Gasteiger partial charge < -0.3 is 14.6 Å². The van der Waals surface area contributed by atoms with Crippen LogP contribution in [0.2, 0.25) is 0 Å². The molecule has 32 heavy (non-hydrogen) atoms. The number of nitrogens with zero attached hydrogens (tertiary/aromatic N) is 2. The number of ether oxygens (including phenoxy) is 2. The van der Waals surface area contributed by atoms with Crippen molar-refractivity contribution < 1.29 is 14.6 Å². The Balaban J connectivity index is 1.37. The van der Waals surface area contributed by atoms with Crippen LogP contribution >= 0.6 is 0 Å². The number of rotatable bonds is 5. The highest BCUT2D eigenvalue weighted by molar-refractivity contribution is 5.44. The van der Waals surface area contributed by atoms with Crippen LogP contribution in [0, 0.1) is 17.8 Å². The summed E-state index contributed by atoms with van der Waals surface area (Å²) in [5.41, 5.74) is 2.00. The van der Waals surface area contributed by atoms with Crippen LogP contribution in [0.1, 0.15) is 48.9 Å². The maximum atomic E-state index is 11.2. The Hall–Kier alpha value is -2.39. The van der Waals surface area contributed by atoms with E-state index in [4.69, 9.17) is 14.5 Å². The lowest BCUT2D eigenvalue weighted by Crippen LogP contribution is -2.58. The summed E-state index contributed by atoms with van der Waals surface area (Å²) < 4.78 is 11.8. The third-order valence-electron chi connectivity index (χ3n) is 7.00. The van der Waals surface area contributed by atoms with Gasteiger partial charge in [0.1, 0.15) is 12.2 Å². The van der Waals surface area contributed by atoms with Crippen molar-refractivity contribution in [1.82, 2.24) is 9.88 Å².